The van der Waals surface area contributed by atoms with Gasteiger partial charge in [0, 0.05) is 108 Å². The Kier molecular flexibility index (Phi) is 15.2. The van der Waals surface area contributed by atoms with Crippen LogP contribution in [0.2, 0.25) is 5.02 Å². The summed E-state index contributed by atoms with van der Waals surface area (Å²) in [5, 5.41) is 27.6. The first-order valence-electron chi connectivity index (χ1n) is 23.9. The Balaban J connectivity index is 0.887. The summed E-state index contributed by atoms with van der Waals surface area (Å²) in [4.78, 5) is 33.3. The van der Waals surface area contributed by atoms with Crippen molar-refractivity contribution in [1.82, 2.24) is 9.47 Å². The summed E-state index contributed by atoms with van der Waals surface area (Å²) >= 11 is 7.99. The lowest BCUT2D eigenvalue weighted by atomic mass is 9.96. The molecule has 5 aromatic carbocycles. The summed E-state index contributed by atoms with van der Waals surface area (Å²) < 4.78 is 30.3. The minimum absolute atomic E-state index is 0.0188. The fourth-order valence-corrected chi connectivity index (χ4v) is 13.3. The van der Waals surface area contributed by atoms with Gasteiger partial charge in [-0.25, -0.2) is 4.79 Å². The van der Waals surface area contributed by atoms with E-state index in [0.717, 1.165) is 85.3 Å². The molecular weight excluding hydrogens is 945 g/mol. The zero-order chi connectivity index (χ0) is 48.9. The number of rotatable bonds is 17. The molecular formula is C53H59ClN7O7PS. The predicted octanol–water partition coefficient (Wildman–Crippen LogP) is 10.9. The van der Waals surface area contributed by atoms with E-state index in [-0.39, 0.29) is 29.7 Å². The standard InChI is InChI=1S/C53H59ClN7O7PS/c1-37(2)60-38(3)50(53(62)63)51(52(60)39-12-14-41(54)15-13-39)40-8-7-9-45(34-40)58-26-24-57(25-27-58)43-16-18-44(19-17-43)59-30-33-68-69(59,66)46-20-21-48(49(35-46)61(64)65)55-42(22-23-56-28-31-67-32-29-56)36-70-47-10-5-4-6-11-47/h4-21,34-35,37,42,55H,22-33,36H2,1-3H3,(H,62,63)/t42-,69+/m1/s1. The predicted molar refractivity (Wildman–Crippen MR) is 283 cm³/mol. The molecule has 9 rings (SSSR count). The van der Waals surface area contributed by atoms with E-state index in [4.69, 9.17) is 20.9 Å². The largest absolute Gasteiger partial charge is 0.478 e. The molecule has 0 spiro atoms. The van der Waals surface area contributed by atoms with E-state index >= 15 is 0 Å². The van der Waals surface area contributed by atoms with Crippen LogP contribution in [0.1, 0.15) is 42.4 Å². The normalized spacial score (nSPS) is 18.1. The summed E-state index contributed by atoms with van der Waals surface area (Å²) in [6, 6.07) is 38.6. The van der Waals surface area contributed by atoms with Crippen LogP contribution in [0.3, 0.4) is 0 Å². The first-order valence-corrected chi connectivity index (χ1v) is 26.8. The SMILES string of the molecule is Cc1c(C(=O)O)c(-c2cccc(N3CCN(c4ccc(N5CCO[P@@]5(=O)c5ccc(N[C@H](CCN6CCOCC6)CSc6ccccc6)c([N+](=O)[O-])c5)cc4)CC3)c2)c(-c2ccc(Cl)cc2)n1C(C)C. The number of piperazine rings is 1. The minimum Gasteiger partial charge on any atom is -0.478 e. The number of hydrogen-bond acceptors (Lipinski definition) is 11. The second-order valence-corrected chi connectivity index (χ2v) is 22.0. The van der Waals surface area contributed by atoms with Crippen LogP contribution in [0.4, 0.5) is 28.4 Å². The van der Waals surface area contributed by atoms with Gasteiger partial charge in [-0.15, -0.1) is 11.8 Å². The molecule has 14 nitrogen and oxygen atoms in total. The van der Waals surface area contributed by atoms with Gasteiger partial charge in [-0.05, 0) is 111 Å². The number of ether oxygens (including phenoxy) is 1. The Labute approximate surface area is 418 Å². The van der Waals surface area contributed by atoms with Crippen molar-refractivity contribution in [3.05, 3.63) is 148 Å². The van der Waals surface area contributed by atoms with Crippen molar-refractivity contribution in [2.24, 2.45) is 0 Å². The maximum Gasteiger partial charge on any atom is 0.338 e. The summed E-state index contributed by atoms with van der Waals surface area (Å²) in [5.74, 6) is -0.257. The van der Waals surface area contributed by atoms with Crippen LogP contribution in [0.5, 0.6) is 0 Å². The lowest BCUT2D eigenvalue weighted by molar-refractivity contribution is -0.383. The van der Waals surface area contributed by atoms with Crippen LogP contribution in [0.15, 0.2) is 126 Å². The number of aromatic nitrogens is 1. The van der Waals surface area contributed by atoms with Crippen molar-refractivity contribution >= 4 is 70.6 Å². The second kappa shape index (κ2) is 21.7. The van der Waals surface area contributed by atoms with E-state index in [2.05, 4.69) is 62.7 Å². The molecule has 3 aliphatic heterocycles. The van der Waals surface area contributed by atoms with Gasteiger partial charge in [-0.2, -0.15) is 0 Å². The Bertz CT molecular complexity index is 2850. The maximum absolute atomic E-state index is 14.9. The first kappa shape index (κ1) is 49.2. The summed E-state index contributed by atoms with van der Waals surface area (Å²) in [6.45, 7) is 13.5. The number of nitrogens with one attached hydrogen (secondary N) is 1. The van der Waals surface area contributed by atoms with Crippen molar-refractivity contribution in [2.45, 2.75) is 44.2 Å². The fraction of sp³-hybridized carbons (Fsp3) is 0.340. The van der Waals surface area contributed by atoms with Crippen molar-refractivity contribution in [2.75, 3.05) is 97.7 Å². The third-order valence-corrected chi connectivity index (χ3v) is 17.4. The van der Waals surface area contributed by atoms with E-state index in [1.807, 2.05) is 85.8 Å². The van der Waals surface area contributed by atoms with E-state index < -0.39 is 18.4 Å². The molecule has 2 atom stereocenters. The Morgan fingerprint density at radius 1 is 0.814 bits per heavy atom. The Hall–Kier alpha value is -5.80. The van der Waals surface area contributed by atoms with Gasteiger partial charge in [0.05, 0.1) is 47.9 Å². The molecule has 0 bridgehead atoms. The van der Waals surface area contributed by atoms with Crippen LogP contribution >= 0.6 is 30.9 Å². The molecule has 0 saturated carbocycles. The number of anilines is 4. The molecule has 0 unspecified atom stereocenters. The first-order chi connectivity index (χ1) is 33.9. The van der Waals surface area contributed by atoms with Gasteiger partial charge >= 0.3 is 13.5 Å². The number of carboxylic acid groups (broad SMARTS) is 1. The lowest BCUT2D eigenvalue weighted by Gasteiger charge is -2.37. The monoisotopic (exact) mass is 1000 g/mol. The molecule has 3 saturated heterocycles. The molecule has 17 heteroatoms. The zero-order valence-electron chi connectivity index (χ0n) is 39.7. The highest BCUT2D eigenvalue weighted by Gasteiger charge is 2.41. The van der Waals surface area contributed by atoms with E-state index in [1.54, 1.807) is 28.6 Å². The topological polar surface area (TPSA) is 146 Å². The number of morpholine rings is 1. The fourth-order valence-electron chi connectivity index (χ4n) is 9.91. The quantitative estimate of drug-likeness (QED) is 0.0387. The van der Waals surface area contributed by atoms with Gasteiger partial charge in [-0.1, -0.05) is 54.1 Å². The second-order valence-electron chi connectivity index (χ2n) is 18.1. The summed E-state index contributed by atoms with van der Waals surface area (Å²) in [5.41, 5.74) is 7.27. The maximum atomic E-state index is 14.9. The third kappa shape index (κ3) is 10.6. The molecule has 6 aromatic rings. The van der Waals surface area contributed by atoms with Gasteiger partial charge in [0.1, 0.15) is 5.69 Å². The highest BCUT2D eigenvalue weighted by molar-refractivity contribution is 7.99. The van der Waals surface area contributed by atoms with Crippen molar-refractivity contribution < 1.29 is 28.7 Å². The van der Waals surface area contributed by atoms with Gasteiger partial charge in [0.15, 0.2) is 0 Å². The highest BCUT2D eigenvalue weighted by atomic mass is 35.5. The number of hydrogen-bond donors (Lipinski definition) is 2. The van der Waals surface area contributed by atoms with Crippen LogP contribution < -0.4 is 25.1 Å². The third-order valence-electron chi connectivity index (χ3n) is 13.4. The molecule has 3 aliphatic rings. The number of carbonyl (C=O) groups is 1. The lowest BCUT2D eigenvalue weighted by Crippen LogP contribution is -2.46. The number of nitrogens with zero attached hydrogens (tertiary/aromatic N) is 6. The van der Waals surface area contributed by atoms with Crippen LogP contribution in [-0.2, 0) is 13.8 Å². The summed E-state index contributed by atoms with van der Waals surface area (Å²) in [6.07, 6.45) is 0.784. The number of nitro groups is 1. The van der Waals surface area contributed by atoms with Crippen LogP contribution in [0, 0.1) is 17.0 Å². The minimum atomic E-state index is -3.69. The van der Waals surface area contributed by atoms with E-state index in [0.29, 0.717) is 58.7 Å². The molecule has 4 heterocycles. The van der Waals surface area contributed by atoms with Gasteiger partial charge in [0.25, 0.3) is 5.69 Å². The average Bonchev–Trinajstić information content (AvgIpc) is 3.93. The average molecular weight is 1000 g/mol. The molecule has 0 aliphatic carbocycles. The molecule has 0 radical (unpaired) electrons. The molecule has 2 N–H and O–H groups in total. The van der Waals surface area contributed by atoms with Crippen LogP contribution in [-0.4, -0.2) is 109 Å². The van der Waals surface area contributed by atoms with E-state index in [9.17, 15) is 24.6 Å². The number of halogens is 1. The Morgan fingerprint density at radius 2 is 1.50 bits per heavy atom. The number of thioether (sulfide) groups is 1. The molecule has 1 aromatic heterocycles. The molecule has 366 valence electrons. The number of aromatic carboxylic acids is 1. The molecule has 0 amide bonds. The Morgan fingerprint density at radius 3 is 2.17 bits per heavy atom. The van der Waals surface area contributed by atoms with Crippen molar-refractivity contribution in [3.8, 4) is 22.4 Å². The molecule has 3 fully saturated rings. The smallest absolute Gasteiger partial charge is 0.338 e. The van der Waals surface area contributed by atoms with Crippen LogP contribution in [0.25, 0.3) is 22.4 Å². The molecule has 70 heavy (non-hydrogen) atoms. The van der Waals surface area contributed by atoms with E-state index in [1.165, 1.54) is 6.07 Å². The summed E-state index contributed by atoms with van der Waals surface area (Å²) in [7, 11) is -3.69. The number of benzene rings is 5. The zero-order valence-corrected chi connectivity index (χ0v) is 42.2. The number of carboxylic acids is 1. The highest BCUT2D eigenvalue weighted by Crippen LogP contribution is 2.56. The number of nitro benzene ring substituents is 1. The van der Waals surface area contributed by atoms with Gasteiger partial charge in [-0.3, -0.25) is 24.2 Å². The van der Waals surface area contributed by atoms with Gasteiger partial charge < -0.3 is 34.1 Å². The van der Waals surface area contributed by atoms with Crippen molar-refractivity contribution in [1.29, 1.82) is 0 Å². The van der Waals surface area contributed by atoms with Crippen molar-refractivity contribution in [3.63, 3.8) is 0 Å². The van der Waals surface area contributed by atoms with Gasteiger partial charge in [0.2, 0.25) is 0 Å².